The minimum atomic E-state index is -1.18. The van der Waals surface area contributed by atoms with Gasteiger partial charge in [-0.25, -0.2) is 9.78 Å². The number of nitrogens with zero attached hydrogens (tertiary/aromatic N) is 1. The Morgan fingerprint density at radius 1 is 1.19 bits per heavy atom. The lowest BCUT2D eigenvalue weighted by molar-refractivity contribution is 0.0690. The first-order valence-corrected chi connectivity index (χ1v) is 6.17. The molecule has 0 aliphatic rings. The van der Waals surface area contributed by atoms with Crippen LogP contribution in [0.1, 0.15) is 26.5 Å². The molecule has 2 aromatic rings. The molecule has 0 spiro atoms. The SMILES string of the molecule is COc1ccc(NC(=O)c2cccc(C(=O)O)n2)c(C)c1. The van der Waals surface area contributed by atoms with E-state index in [0.29, 0.717) is 11.4 Å². The van der Waals surface area contributed by atoms with Gasteiger partial charge in [0.05, 0.1) is 7.11 Å². The van der Waals surface area contributed by atoms with E-state index in [9.17, 15) is 9.59 Å². The van der Waals surface area contributed by atoms with Crippen molar-refractivity contribution in [3.05, 3.63) is 53.3 Å². The number of carbonyl (C=O) groups excluding carboxylic acids is 1. The van der Waals surface area contributed by atoms with Crippen molar-refractivity contribution >= 4 is 17.6 Å². The van der Waals surface area contributed by atoms with Gasteiger partial charge in [0.15, 0.2) is 0 Å². The molecular weight excluding hydrogens is 272 g/mol. The highest BCUT2D eigenvalue weighted by Crippen LogP contribution is 2.21. The zero-order chi connectivity index (χ0) is 15.4. The number of methoxy groups -OCH3 is 1. The normalized spacial score (nSPS) is 10.0. The molecule has 0 aliphatic carbocycles. The number of rotatable bonds is 4. The Morgan fingerprint density at radius 3 is 2.52 bits per heavy atom. The summed E-state index contributed by atoms with van der Waals surface area (Å²) in [7, 11) is 1.56. The number of hydrogen-bond acceptors (Lipinski definition) is 4. The van der Waals surface area contributed by atoms with Gasteiger partial charge in [0.25, 0.3) is 5.91 Å². The third kappa shape index (κ3) is 3.36. The van der Waals surface area contributed by atoms with Crippen molar-refractivity contribution < 1.29 is 19.4 Å². The molecule has 0 unspecified atom stereocenters. The Labute approximate surface area is 121 Å². The summed E-state index contributed by atoms with van der Waals surface area (Å²) in [6.07, 6.45) is 0. The Hall–Kier alpha value is -2.89. The topological polar surface area (TPSA) is 88.5 Å². The Bertz CT molecular complexity index is 698. The fraction of sp³-hybridized carbons (Fsp3) is 0.133. The third-order valence-electron chi connectivity index (χ3n) is 2.88. The van der Waals surface area contributed by atoms with Gasteiger partial charge in [-0.3, -0.25) is 4.79 Å². The molecule has 108 valence electrons. The molecule has 0 bridgehead atoms. The smallest absolute Gasteiger partial charge is 0.354 e. The molecule has 2 N–H and O–H groups in total. The number of pyridine rings is 1. The van der Waals surface area contributed by atoms with Crippen LogP contribution in [0.4, 0.5) is 5.69 Å². The lowest BCUT2D eigenvalue weighted by Gasteiger charge is -2.09. The van der Waals surface area contributed by atoms with E-state index in [0.717, 1.165) is 5.56 Å². The van der Waals surface area contributed by atoms with Crippen LogP contribution in [0.25, 0.3) is 0 Å². The summed E-state index contributed by atoms with van der Waals surface area (Å²) in [6.45, 7) is 1.83. The average Bonchev–Trinajstić information content (AvgIpc) is 2.49. The summed E-state index contributed by atoms with van der Waals surface area (Å²) in [5.41, 5.74) is 1.32. The van der Waals surface area contributed by atoms with Crippen LogP contribution in [0.5, 0.6) is 5.75 Å². The monoisotopic (exact) mass is 286 g/mol. The Kier molecular flexibility index (Phi) is 4.18. The van der Waals surface area contributed by atoms with Crippen molar-refractivity contribution in [1.82, 2.24) is 4.98 Å². The molecule has 0 radical (unpaired) electrons. The van der Waals surface area contributed by atoms with Gasteiger partial charge in [0, 0.05) is 5.69 Å². The van der Waals surface area contributed by atoms with Crippen LogP contribution in [0.2, 0.25) is 0 Å². The van der Waals surface area contributed by atoms with Gasteiger partial charge in [-0.15, -0.1) is 0 Å². The molecule has 1 aromatic heterocycles. The molecule has 0 fully saturated rings. The molecule has 0 saturated carbocycles. The first-order chi connectivity index (χ1) is 10.0. The average molecular weight is 286 g/mol. The van der Waals surface area contributed by atoms with Crippen molar-refractivity contribution in [2.45, 2.75) is 6.92 Å². The minimum absolute atomic E-state index is 0.0464. The number of anilines is 1. The summed E-state index contributed by atoms with van der Waals surface area (Å²) in [5.74, 6) is -0.951. The molecule has 1 heterocycles. The summed E-state index contributed by atoms with van der Waals surface area (Å²) < 4.78 is 5.09. The standard InChI is InChI=1S/C15H14N2O4/c1-9-8-10(21-2)6-7-11(9)17-14(18)12-4-3-5-13(16-12)15(19)20/h3-8H,1-2H3,(H,17,18)(H,19,20). The maximum Gasteiger partial charge on any atom is 0.354 e. The minimum Gasteiger partial charge on any atom is -0.497 e. The van der Waals surface area contributed by atoms with Gasteiger partial charge in [0.2, 0.25) is 0 Å². The van der Waals surface area contributed by atoms with Crippen LogP contribution in [-0.2, 0) is 0 Å². The van der Waals surface area contributed by atoms with E-state index in [1.54, 1.807) is 25.3 Å². The van der Waals surface area contributed by atoms with E-state index in [4.69, 9.17) is 9.84 Å². The van der Waals surface area contributed by atoms with E-state index >= 15 is 0 Å². The largest absolute Gasteiger partial charge is 0.497 e. The van der Waals surface area contributed by atoms with Crippen LogP contribution in [-0.4, -0.2) is 29.1 Å². The molecule has 1 amide bonds. The zero-order valence-electron chi connectivity index (χ0n) is 11.6. The highest BCUT2D eigenvalue weighted by atomic mass is 16.5. The maximum absolute atomic E-state index is 12.1. The van der Waals surface area contributed by atoms with E-state index < -0.39 is 11.9 Å². The fourth-order valence-electron chi connectivity index (χ4n) is 1.77. The van der Waals surface area contributed by atoms with Gasteiger partial charge >= 0.3 is 5.97 Å². The number of carbonyl (C=O) groups is 2. The van der Waals surface area contributed by atoms with E-state index in [1.807, 2.05) is 6.92 Å². The van der Waals surface area contributed by atoms with Crippen LogP contribution < -0.4 is 10.1 Å². The second kappa shape index (κ2) is 6.04. The van der Waals surface area contributed by atoms with E-state index in [1.165, 1.54) is 18.2 Å². The summed E-state index contributed by atoms with van der Waals surface area (Å²) >= 11 is 0. The molecule has 2 rings (SSSR count). The first kappa shape index (κ1) is 14.5. The van der Waals surface area contributed by atoms with Crippen molar-refractivity contribution in [3.8, 4) is 5.75 Å². The number of carboxylic acid groups (broad SMARTS) is 1. The van der Waals surface area contributed by atoms with Crippen LogP contribution >= 0.6 is 0 Å². The number of aromatic carboxylic acids is 1. The molecule has 21 heavy (non-hydrogen) atoms. The zero-order valence-corrected chi connectivity index (χ0v) is 11.6. The molecule has 6 nitrogen and oxygen atoms in total. The summed E-state index contributed by atoms with van der Waals surface area (Å²) in [5, 5.41) is 11.6. The van der Waals surface area contributed by atoms with Crippen LogP contribution in [0, 0.1) is 6.92 Å². The van der Waals surface area contributed by atoms with Crippen molar-refractivity contribution in [2.75, 3.05) is 12.4 Å². The number of hydrogen-bond donors (Lipinski definition) is 2. The van der Waals surface area contributed by atoms with Crippen molar-refractivity contribution in [3.63, 3.8) is 0 Å². The number of aryl methyl sites for hydroxylation is 1. The lowest BCUT2D eigenvalue weighted by atomic mass is 10.2. The number of nitrogens with one attached hydrogen (secondary N) is 1. The number of ether oxygens (including phenoxy) is 1. The van der Waals surface area contributed by atoms with Gasteiger partial charge in [-0.05, 0) is 42.8 Å². The number of carboxylic acids is 1. The van der Waals surface area contributed by atoms with Gasteiger partial charge in [-0.2, -0.15) is 0 Å². The van der Waals surface area contributed by atoms with E-state index in [2.05, 4.69) is 10.3 Å². The second-order valence-corrected chi connectivity index (χ2v) is 4.35. The van der Waals surface area contributed by atoms with Crippen LogP contribution in [0.3, 0.4) is 0 Å². The fourth-order valence-corrected chi connectivity index (χ4v) is 1.77. The van der Waals surface area contributed by atoms with Gasteiger partial charge in [0.1, 0.15) is 17.1 Å². The molecule has 0 atom stereocenters. The maximum atomic E-state index is 12.1. The summed E-state index contributed by atoms with van der Waals surface area (Å²) in [6, 6.07) is 9.50. The molecular formula is C15H14N2O4. The van der Waals surface area contributed by atoms with Crippen molar-refractivity contribution in [2.24, 2.45) is 0 Å². The molecule has 1 aromatic carbocycles. The number of benzene rings is 1. The quantitative estimate of drug-likeness (QED) is 0.900. The third-order valence-corrected chi connectivity index (χ3v) is 2.88. The predicted molar refractivity (Wildman–Crippen MR) is 76.9 cm³/mol. The van der Waals surface area contributed by atoms with E-state index in [-0.39, 0.29) is 11.4 Å². The lowest BCUT2D eigenvalue weighted by Crippen LogP contribution is -2.16. The second-order valence-electron chi connectivity index (χ2n) is 4.35. The highest BCUT2D eigenvalue weighted by Gasteiger charge is 2.12. The highest BCUT2D eigenvalue weighted by molar-refractivity contribution is 6.03. The molecule has 0 aliphatic heterocycles. The summed E-state index contributed by atoms with van der Waals surface area (Å²) in [4.78, 5) is 26.7. The van der Waals surface area contributed by atoms with Gasteiger partial charge < -0.3 is 15.2 Å². The number of aromatic nitrogens is 1. The van der Waals surface area contributed by atoms with Crippen molar-refractivity contribution in [1.29, 1.82) is 0 Å². The van der Waals surface area contributed by atoms with Gasteiger partial charge in [-0.1, -0.05) is 6.07 Å². The predicted octanol–water partition coefficient (Wildman–Crippen LogP) is 2.35. The first-order valence-electron chi connectivity index (χ1n) is 6.17. The Morgan fingerprint density at radius 2 is 1.90 bits per heavy atom. The molecule has 0 saturated heterocycles. The Balaban J connectivity index is 2.22. The van der Waals surface area contributed by atoms with Crippen LogP contribution in [0.15, 0.2) is 36.4 Å². The molecule has 6 heteroatoms. The number of amides is 1.